The van der Waals surface area contributed by atoms with Crippen molar-refractivity contribution in [3.05, 3.63) is 38.9 Å². The maximum Gasteiger partial charge on any atom is 0.390 e. The van der Waals surface area contributed by atoms with E-state index in [9.17, 15) is 23.3 Å². The molecule has 0 bridgehead atoms. The summed E-state index contributed by atoms with van der Waals surface area (Å²) in [7, 11) is 0. The maximum absolute atomic E-state index is 12.1. The van der Waals surface area contributed by atoms with Crippen molar-refractivity contribution in [2.45, 2.75) is 18.6 Å². The van der Waals surface area contributed by atoms with Crippen LogP contribution in [0.1, 0.15) is 18.0 Å². The summed E-state index contributed by atoms with van der Waals surface area (Å²) >= 11 is 5.65. The highest BCUT2D eigenvalue weighted by molar-refractivity contribution is 6.31. The Morgan fingerprint density at radius 1 is 1.47 bits per heavy atom. The van der Waals surface area contributed by atoms with Crippen LogP contribution in [-0.2, 0) is 0 Å². The number of hydrogen-bond donors (Lipinski definition) is 1. The van der Waals surface area contributed by atoms with Crippen LogP contribution in [0.25, 0.3) is 0 Å². The number of hydrogen-bond acceptors (Lipinski definition) is 3. The summed E-state index contributed by atoms with van der Waals surface area (Å²) < 4.78 is 36.4. The van der Waals surface area contributed by atoms with Gasteiger partial charge in [-0.15, -0.1) is 0 Å². The van der Waals surface area contributed by atoms with Gasteiger partial charge in [-0.05, 0) is 11.6 Å². The summed E-state index contributed by atoms with van der Waals surface area (Å²) in [4.78, 5) is 9.75. The van der Waals surface area contributed by atoms with E-state index in [2.05, 4.69) is 0 Å². The Kier molecular flexibility index (Phi) is 3.94. The zero-order valence-corrected chi connectivity index (χ0v) is 9.13. The molecule has 0 aromatic heterocycles. The van der Waals surface area contributed by atoms with Gasteiger partial charge in [-0.2, -0.15) is 13.2 Å². The lowest BCUT2D eigenvalue weighted by atomic mass is 10.0. The number of nitrogens with zero attached hydrogens (tertiary/aromatic N) is 1. The highest BCUT2D eigenvalue weighted by Crippen LogP contribution is 2.33. The Morgan fingerprint density at radius 3 is 2.53 bits per heavy atom. The molecule has 0 aliphatic rings. The third kappa shape index (κ3) is 3.86. The van der Waals surface area contributed by atoms with Crippen LogP contribution < -0.4 is 5.73 Å². The van der Waals surface area contributed by atoms with E-state index in [1.807, 2.05) is 0 Å². The molecule has 0 amide bonds. The zero-order valence-electron chi connectivity index (χ0n) is 8.37. The molecule has 0 spiro atoms. The fourth-order valence-corrected chi connectivity index (χ4v) is 1.55. The predicted octanol–water partition coefficient (Wildman–Crippen LogP) is 3.20. The number of rotatable bonds is 3. The Bertz CT molecular complexity index is 437. The molecule has 1 aromatic carbocycles. The van der Waals surface area contributed by atoms with Crippen molar-refractivity contribution in [1.29, 1.82) is 0 Å². The Morgan fingerprint density at radius 2 is 2.06 bits per heavy atom. The Hall–Kier alpha value is -1.34. The fraction of sp³-hybridized carbons (Fsp3) is 0.333. The molecular weight excluding hydrogens is 261 g/mol. The average molecular weight is 269 g/mol. The second-order valence-corrected chi connectivity index (χ2v) is 3.80. The zero-order chi connectivity index (χ0) is 13.2. The number of alkyl halides is 3. The summed E-state index contributed by atoms with van der Waals surface area (Å²) in [5.41, 5.74) is 4.89. The molecule has 8 heteroatoms. The van der Waals surface area contributed by atoms with Crippen molar-refractivity contribution < 1.29 is 18.1 Å². The quantitative estimate of drug-likeness (QED) is 0.676. The maximum atomic E-state index is 12.1. The van der Waals surface area contributed by atoms with Crippen molar-refractivity contribution >= 4 is 17.3 Å². The third-order valence-electron chi connectivity index (χ3n) is 2.04. The Labute approximate surface area is 99.3 Å². The van der Waals surface area contributed by atoms with Crippen molar-refractivity contribution in [2.75, 3.05) is 0 Å². The number of halogens is 4. The lowest BCUT2D eigenvalue weighted by molar-refractivity contribution is -0.384. The summed E-state index contributed by atoms with van der Waals surface area (Å²) in [6.45, 7) is 0. The molecule has 0 heterocycles. The highest BCUT2D eigenvalue weighted by Gasteiger charge is 2.32. The van der Waals surface area contributed by atoms with Crippen molar-refractivity contribution in [3.8, 4) is 0 Å². The third-order valence-corrected chi connectivity index (χ3v) is 2.39. The molecule has 1 aromatic rings. The SMILES string of the molecule is N[C@@H](CC(F)(F)F)c1cc([N+](=O)[O-])ccc1Cl. The summed E-state index contributed by atoms with van der Waals surface area (Å²) in [5, 5.41) is 10.5. The minimum absolute atomic E-state index is 0.0210. The fourth-order valence-electron chi connectivity index (χ4n) is 1.29. The average Bonchev–Trinajstić information content (AvgIpc) is 2.14. The van der Waals surface area contributed by atoms with Gasteiger partial charge < -0.3 is 5.73 Å². The number of benzene rings is 1. The van der Waals surface area contributed by atoms with E-state index in [4.69, 9.17) is 17.3 Å². The molecule has 0 radical (unpaired) electrons. The molecule has 1 rings (SSSR count). The van der Waals surface area contributed by atoms with E-state index < -0.39 is 23.6 Å². The van der Waals surface area contributed by atoms with Crippen LogP contribution in [0.5, 0.6) is 0 Å². The first kappa shape index (κ1) is 13.7. The van der Waals surface area contributed by atoms with Crippen LogP contribution in [0.3, 0.4) is 0 Å². The van der Waals surface area contributed by atoms with Crippen LogP contribution >= 0.6 is 11.6 Å². The summed E-state index contributed by atoms with van der Waals surface area (Å²) in [5.74, 6) is 0. The largest absolute Gasteiger partial charge is 0.390 e. The van der Waals surface area contributed by atoms with Gasteiger partial charge in [0.25, 0.3) is 5.69 Å². The molecular formula is C9H8ClF3N2O2. The van der Waals surface area contributed by atoms with E-state index in [1.54, 1.807) is 0 Å². The molecule has 1 atom stereocenters. The topological polar surface area (TPSA) is 69.2 Å². The molecule has 0 aliphatic carbocycles. The smallest absolute Gasteiger partial charge is 0.324 e. The van der Waals surface area contributed by atoms with E-state index in [-0.39, 0.29) is 16.3 Å². The van der Waals surface area contributed by atoms with Crippen LogP contribution in [0, 0.1) is 10.1 Å². The van der Waals surface area contributed by atoms with Gasteiger partial charge in [0.15, 0.2) is 0 Å². The van der Waals surface area contributed by atoms with Gasteiger partial charge in [-0.25, -0.2) is 0 Å². The van der Waals surface area contributed by atoms with Gasteiger partial charge in [-0.3, -0.25) is 10.1 Å². The van der Waals surface area contributed by atoms with Crippen LogP contribution in [-0.4, -0.2) is 11.1 Å². The van der Waals surface area contributed by atoms with Crippen LogP contribution in [0.4, 0.5) is 18.9 Å². The second-order valence-electron chi connectivity index (χ2n) is 3.39. The van der Waals surface area contributed by atoms with Gasteiger partial charge >= 0.3 is 6.18 Å². The van der Waals surface area contributed by atoms with Crippen molar-refractivity contribution in [1.82, 2.24) is 0 Å². The highest BCUT2D eigenvalue weighted by atomic mass is 35.5. The van der Waals surface area contributed by atoms with Crippen molar-refractivity contribution in [3.63, 3.8) is 0 Å². The number of nitro benzene ring substituents is 1. The van der Waals surface area contributed by atoms with Gasteiger partial charge in [-0.1, -0.05) is 11.6 Å². The standard InChI is InChI=1S/C9H8ClF3N2O2/c10-7-2-1-5(15(16)17)3-6(7)8(14)4-9(11,12)13/h1-3,8H,4,14H2/t8-/m0/s1. The van der Waals surface area contributed by atoms with E-state index >= 15 is 0 Å². The van der Waals surface area contributed by atoms with Gasteiger partial charge in [0.05, 0.1) is 11.3 Å². The second kappa shape index (κ2) is 4.89. The number of non-ortho nitro benzene ring substituents is 1. The Balaban J connectivity index is 3.04. The molecule has 0 fully saturated rings. The van der Waals surface area contributed by atoms with E-state index in [0.29, 0.717) is 0 Å². The molecule has 94 valence electrons. The van der Waals surface area contributed by atoms with Crippen LogP contribution in [0.15, 0.2) is 18.2 Å². The minimum Gasteiger partial charge on any atom is -0.324 e. The number of nitro groups is 1. The monoisotopic (exact) mass is 268 g/mol. The van der Waals surface area contributed by atoms with E-state index in [0.717, 1.165) is 18.2 Å². The predicted molar refractivity (Wildman–Crippen MR) is 55.7 cm³/mol. The lowest BCUT2D eigenvalue weighted by Crippen LogP contribution is -2.20. The van der Waals surface area contributed by atoms with E-state index in [1.165, 1.54) is 0 Å². The minimum atomic E-state index is -4.45. The normalized spacial score (nSPS) is 13.5. The number of nitrogens with two attached hydrogens (primary N) is 1. The first-order chi connectivity index (χ1) is 7.70. The van der Waals surface area contributed by atoms with Gasteiger partial charge in [0.1, 0.15) is 0 Å². The summed E-state index contributed by atoms with van der Waals surface area (Å²) in [6, 6.07) is 1.80. The van der Waals surface area contributed by atoms with Crippen molar-refractivity contribution in [2.24, 2.45) is 5.73 Å². The molecule has 0 saturated heterocycles. The molecule has 0 unspecified atom stereocenters. The molecule has 0 aliphatic heterocycles. The van der Waals surface area contributed by atoms with Crippen LogP contribution in [0.2, 0.25) is 5.02 Å². The summed E-state index contributed by atoms with van der Waals surface area (Å²) in [6.07, 6.45) is -5.73. The molecule has 4 nitrogen and oxygen atoms in total. The molecule has 17 heavy (non-hydrogen) atoms. The first-order valence-electron chi connectivity index (χ1n) is 4.47. The van der Waals surface area contributed by atoms with Gasteiger partial charge in [0, 0.05) is 23.2 Å². The molecule has 0 saturated carbocycles. The van der Waals surface area contributed by atoms with Gasteiger partial charge in [0.2, 0.25) is 0 Å². The first-order valence-corrected chi connectivity index (χ1v) is 4.84. The molecule has 2 N–H and O–H groups in total. The lowest BCUT2D eigenvalue weighted by Gasteiger charge is -2.15.